The van der Waals surface area contributed by atoms with Crippen LogP contribution in [0.1, 0.15) is 45.0 Å². The minimum atomic E-state index is -0.0160. The number of halogens is 1. The Kier molecular flexibility index (Phi) is 4.38. The van der Waals surface area contributed by atoms with E-state index in [1.807, 2.05) is 0 Å². The molecule has 0 aliphatic rings. The molecule has 1 nitrogen and oxygen atoms in total. The van der Waals surface area contributed by atoms with Gasteiger partial charge in [-0.2, -0.15) is 0 Å². The predicted octanol–water partition coefficient (Wildman–Crippen LogP) is 4.94. The smallest absolute Gasteiger partial charge is 0.0656 e. The van der Waals surface area contributed by atoms with Crippen LogP contribution >= 0.6 is 33.9 Å². The lowest BCUT2D eigenvalue weighted by Gasteiger charge is -2.22. The molecule has 2 N–H and O–H groups in total. The summed E-state index contributed by atoms with van der Waals surface area (Å²) >= 11 is 4.11. The van der Waals surface area contributed by atoms with Gasteiger partial charge in [0.2, 0.25) is 0 Å². The quantitative estimate of drug-likeness (QED) is 0.728. The van der Waals surface area contributed by atoms with Crippen LogP contribution in [0, 0.1) is 37.5 Å². The van der Waals surface area contributed by atoms with E-state index < -0.39 is 0 Å². The zero-order valence-corrected chi connectivity index (χ0v) is 15.1. The summed E-state index contributed by atoms with van der Waals surface area (Å²) in [4.78, 5) is 0. The van der Waals surface area contributed by atoms with Crippen molar-refractivity contribution in [2.24, 2.45) is 5.73 Å². The fraction of sp³-hybridized carbons (Fsp3) is 0.375. The molecular formula is C16H20INS. The first-order valence-corrected chi connectivity index (χ1v) is 8.36. The summed E-state index contributed by atoms with van der Waals surface area (Å²) in [5.74, 6) is 0. The van der Waals surface area contributed by atoms with Crippen LogP contribution in [0.25, 0.3) is 0 Å². The van der Waals surface area contributed by atoms with Crippen molar-refractivity contribution in [1.29, 1.82) is 0 Å². The van der Waals surface area contributed by atoms with Crippen LogP contribution < -0.4 is 5.73 Å². The summed E-state index contributed by atoms with van der Waals surface area (Å²) in [5, 5.41) is 2.18. The normalized spacial score (nSPS) is 12.8. The largest absolute Gasteiger partial charge is 0.320 e. The lowest BCUT2D eigenvalue weighted by atomic mass is 9.85. The van der Waals surface area contributed by atoms with Gasteiger partial charge in [-0.1, -0.05) is 0 Å². The molecular weight excluding hydrogens is 365 g/mol. The fourth-order valence-electron chi connectivity index (χ4n) is 2.65. The summed E-state index contributed by atoms with van der Waals surface area (Å²) in [6, 6.07) is 2.18. The van der Waals surface area contributed by atoms with Gasteiger partial charge in [0.25, 0.3) is 0 Å². The van der Waals surface area contributed by atoms with Crippen LogP contribution in [0.15, 0.2) is 11.4 Å². The number of benzene rings is 1. The topological polar surface area (TPSA) is 26.0 Å². The lowest BCUT2D eigenvalue weighted by molar-refractivity contribution is 0.847. The molecule has 1 unspecified atom stereocenters. The third-order valence-corrected chi connectivity index (χ3v) is 6.12. The molecule has 1 atom stereocenters. The number of hydrogen-bond acceptors (Lipinski definition) is 2. The molecule has 1 aromatic heterocycles. The van der Waals surface area contributed by atoms with Gasteiger partial charge in [0.05, 0.1) is 8.93 Å². The van der Waals surface area contributed by atoms with Gasteiger partial charge in [-0.05, 0) is 108 Å². The second-order valence-electron chi connectivity index (χ2n) is 5.20. The Morgan fingerprint density at radius 2 is 1.42 bits per heavy atom. The van der Waals surface area contributed by atoms with Crippen LogP contribution in [-0.4, -0.2) is 0 Å². The summed E-state index contributed by atoms with van der Waals surface area (Å²) in [6.07, 6.45) is 0. The number of thiophene rings is 1. The molecule has 0 amide bonds. The van der Waals surface area contributed by atoms with E-state index in [2.05, 4.69) is 68.7 Å². The van der Waals surface area contributed by atoms with Crippen LogP contribution in [0.5, 0.6) is 0 Å². The van der Waals surface area contributed by atoms with E-state index in [9.17, 15) is 0 Å². The van der Waals surface area contributed by atoms with Crippen molar-refractivity contribution in [3.05, 3.63) is 53.3 Å². The first kappa shape index (κ1) is 15.0. The minimum Gasteiger partial charge on any atom is -0.320 e. The molecule has 0 spiro atoms. The van der Waals surface area contributed by atoms with E-state index in [-0.39, 0.29) is 6.04 Å². The van der Waals surface area contributed by atoms with Crippen LogP contribution in [-0.2, 0) is 0 Å². The van der Waals surface area contributed by atoms with Gasteiger partial charge < -0.3 is 5.73 Å². The standard InChI is InChI=1S/C16H20INS/c1-8-9(2)11(4)15(12(5)10(8)3)16(18)13-6-14(17)19-7-13/h6-7,16H,18H2,1-5H3. The Labute approximate surface area is 133 Å². The van der Waals surface area contributed by atoms with Gasteiger partial charge in [0.15, 0.2) is 0 Å². The third-order valence-electron chi connectivity index (χ3n) is 4.32. The monoisotopic (exact) mass is 385 g/mol. The highest BCUT2D eigenvalue weighted by atomic mass is 127. The summed E-state index contributed by atoms with van der Waals surface area (Å²) in [6.45, 7) is 11.0. The fourth-order valence-corrected chi connectivity index (χ4v) is 4.06. The molecule has 1 aromatic carbocycles. The molecule has 0 bridgehead atoms. The van der Waals surface area contributed by atoms with Gasteiger partial charge in [0.1, 0.15) is 0 Å². The SMILES string of the molecule is Cc1c(C)c(C)c(C(N)c2csc(I)c2)c(C)c1C. The first-order valence-electron chi connectivity index (χ1n) is 6.41. The predicted molar refractivity (Wildman–Crippen MR) is 93.2 cm³/mol. The molecule has 2 aromatic rings. The lowest BCUT2D eigenvalue weighted by Crippen LogP contribution is -2.16. The summed E-state index contributed by atoms with van der Waals surface area (Å²) < 4.78 is 1.29. The molecule has 0 fully saturated rings. The van der Waals surface area contributed by atoms with E-state index in [0.717, 1.165) is 0 Å². The van der Waals surface area contributed by atoms with E-state index in [1.54, 1.807) is 11.3 Å². The molecule has 2 rings (SSSR count). The molecule has 19 heavy (non-hydrogen) atoms. The Morgan fingerprint density at radius 1 is 0.947 bits per heavy atom. The number of hydrogen-bond donors (Lipinski definition) is 1. The van der Waals surface area contributed by atoms with Crippen molar-refractivity contribution in [3.63, 3.8) is 0 Å². The van der Waals surface area contributed by atoms with Crippen molar-refractivity contribution in [2.75, 3.05) is 0 Å². The molecule has 0 aliphatic carbocycles. The van der Waals surface area contributed by atoms with Crippen molar-refractivity contribution in [1.82, 2.24) is 0 Å². The Bertz CT molecular complexity index is 599. The Balaban J connectivity index is 2.63. The van der Waals surface area contributed by atoms with E-state index in [1.165, 1.54) is 41.8 Å². The van der Waals surface area contributed by atoms with E-state index in [0.29, 0.717) is 0 Å². The van der Waals surface area contributed by atoms with Crippen molar-refractivity contribution in [3.8, 4) is 0 Å². The summed E-state index contributed by atoms with van der Waals surface area (Å²) in [7, 11) is 0. The van der Waals surface area contributed by atoms with Crippen LogP contribution in [0.3, 0.4) is 0 Å². The average Bonchev–Trinajstić information content (AvgIpc) is 2.81. The van der Waals surface area contributed by atoms with E-state index in [4.69, 9.17) is 5.73 Å². The minimum absolute atomic E-state index is 0.0160. The summed E-state index contributed by atoms with van der Waals surface area (Å²) in [5.41, 5.74) is 15.9. The molecule has 0 radical (unpaired) electrons. The van der Waals surface area contributed by atoms with E-state index >= 15 is 0 Å². The molecule has 0 saturated carbocycles. The maximum Gasteiger partial charge on any atom is 0.0656 e. The number of rotatable bonds is 2. The highest BCUT2D eigenvalue weighted by molar-refractivity contribution is 14.1. The first-order chi connectivity index (χ1) is 8.84. The second kappa shape index (κ2) is 5.54. The maximum atomic E-state index is 6.52. The third kappa shape index (κ3) is 2.60. The molecule has 0 aliphatic heterocycles. The molecule has 0 saturated heterocycles. The average molecular weight is 385 g/mol. The van der Waals surface area contributed by atoms with Gasteiger partial charge in [-0.3, -0.25) is 0 Å². The van der Waals surface area contributed by atoms with Gasteiger partial charge in [0, 0.05) is 0 Å². The van der Waals surface area contributed by atoms with Crippen LogP contribution in [0.2, 0.25) is 0 Å². The molecule has 1 heterocycles. The van der Waals surface area contributed by atoms with Gasteiger partial charge >= 0.3 is 0 Å². The van der Waals surface area contributed by atoms with Crippen molar-refractivity contribution in [2.45, 2.75) is 40.7 Å². The zero-order valence-electron chi connectivity index (χ0n) is 12.1. The highest BCUT2D eigenvalue weighted by Crippen LogP contribution is 2.34. The van der Waals surface area contributed by atoms with Gasteiger partial charge in [-0.25, -0.2) is 0 Å². The Morgan fingerprint density at radius 3 is 1.84 bits per heavy atom. The number of nitrogens with two attached hydrogens (primary N) is 1. The Hall–Kier alpha value is -0.390. The van der Waals surface area contributed by atoms with Gasteiger partial charge in [-0.15, -0.1) is 11.3 Å². The molecule has 3 heteroatoms. The van der Waals surface area contributed by atoms with Crippen molar-refractivity contribution >= 4 is 33.9 Å². The highest BCUT2D eigenvalue weighted by Gasteiger charge is 2.19. The zero-order chi connectivity index (χ0) is 14.3. The van der Waals surface area contributed by atoms with Crippen LogP contribution in [0.4, 0.5) is 0 Å². The maximum absolute atomic E-state index is 6.52. The molecule has 102 valence electrons. The second-order valence-corrected chi connectivity index (χ2v) is 8.01. The van der Waals surface area contributed by atoms with Crippen molar-refractivity contribution < 1.29 is 0 Å².